The molecular weight excluding hydrogens is 254 g/mol. The van der Waals surface area contributed by atoms with Gasteiger partial charge in [-0.05, 0) is 31.1 Å². The van der Waals surface area contributed by atoms with Crippen molar-refractivity contribution in [3.8, 4) is 0 Å². The second-order valence-corrected chi connectivity index (χ2v) is 8.24. The zero-order valence-corrected chi connectivity index (χ0v) is 13.9. The van der Waals surface area contributed by atoms with Crippen LogP contribution in [-0.2, 0) is 0 Å². The van der Waals surface area contributed by atoms with Crippen LogP contribution in [-0.4, -0.2) is 66.1 Å². The lowest BCUT2D eigenvalue weighted by Gasteiger charge is -2.54. The highest BCUT2D eigenvalue weighted by Crippen LogP contribution is 2.42. The first-order chi connectivity index (χ1) is 8.92. The molecule has 2 rings (SSSR count). The molecule has 0 spiro atoms. The van der Waals surface area contributed by atoms with Crippen molar-refractivity contribution in [1.82, 2.24) is 9.80 Å². The van der Waals surface area contributed by atoms with Gasteiger partial charge in [0.05, 0.1) is 0 Å². The molecule has 0 aromatic rings. The predicted octanol–water partition coefficient (Wildman–Crippen LogP) is 1.87. The van der Waals surface area contributed by atoms with Crippen molar-refractivity contribution < 1.29 is 0 Å². The minimum atomic E-state index is 0.237. The average molecular weight is 286 g/mol. The molecule has 0 bridgehead atoms. The Morgan fingerprint density at radius 2 is 2.00 bits per heavy atom. The minimum absolute atomic E-state index is 0.237. The van der Waals surface area contributed by atoms with Crippen molar-refractivity contribution >= 4 is 11.8 Å². The van der Waals surface area contributed by atoms with Crippen LogP contribution in [0.4, 0.5) is 0 Å². The summed E-state index contributed by atoms with van der Waals surface area (Å²) in [6, 6.07) is 0.701. The van der Waals surface area contributed by atoms with E-state index >= 15 is 0 Å². The van der Waals surface area contributed by atoms with Crippen LogP contribution in [0.2, 0.25) is 0 Å². The fourth-order valence-corrected chi connectivity index (χ4v) is 5.33. The van der Waals surface area contributed by atoms with Crippen molar-refractivity contribution in [2.75, 3.05) is 44.7 Å². The SMILES string of the molecule is CCC1CN(C2(CN)CSCC(C)(C)C2)CCN1C. The molecule has 0 aliphatic carbocycles. The summed E-state index contributed by atoms with van der Waals surface area (Å²) in [5.74, 6) is 2.49. The van der Waals surface area contributed by atoms with Gasteiger partial charge in [0.15, 0.2) is 0 Å². The quantitative estimate of drug-likeness (QED) is 0.858. The van der Waals surface area contributed by atoms with Crippen molar-refractivity contribution in [3.05, 3.63) is 0 Å². The van der Waals surface area contributed by atoms with Gasteiger partial charge in [-0.2, -0.15) is 11.8 Å². The zero-order chi connectivity index (χ0) is 14.1. The summed E-state index contributed by atoms with van der Waals surface area (Å²) in [7, 11) is 2.26. The zero-order valence-electron chi connectivity index (χ0n) is 13.1. The third-order valence-corrected chi connectivity index (χ3v) is 6.70. The van der Waals surface area contributed by atoms with E-state index in [2.05, 4.69) is 49.4 Å². The molecule has 2 aliphatic heterocycles. The summed E-state index contributed by atoms with van der Waals surface area (Å²) in [4.78, 5) is 5.23. The van der Waals surface area contributed by atoms with E-state index in [1.807, 2.05) is 0 Å². The number of thioether (sulfide) groups is 1. The van der Waals surface area contributed by atoms with Crippen molar-refractivity contribution in [2.45, 2.75) is 45.2 Å². The largest absolute Gasteiger partial charge is 0.329 e. The number of nitrogens with zero attached hydrogens (tertiary/aromatic N) is 2. The summed E-state index contributed by atoms with van der Waals surface area (Å²) in [5, 5.41) is 0. The number of nitrogens with two attached hydrogens (primary N) is 1. The first kappa shape index (κ1) is 15.6. The highest BCUT2D eigenvalue weighted by atomic mass is 32.2. The van der Waals surface area contributed by atoms with Gasteiger partial charge in [-0.1, -0.05) is 20.8 Å². The molecule has 0 amide bonds. The van der Waals surface area contributed by atoms with E-state index in [4.69, 9.17) is 5.73 Å². The van der Waals surface area contributed by atoms with Gasteiger partial charge in [0.2, 0.25) is 0 Å². The van der Waals surface area contributed by atoms with Gasteiger partial charge in [0, 0.05) is 43.5 Å². The van der Waals surface area contributed by atoms with Crippen LogP contribution in [0.25, 0.3) is 0 Å². The maximum Gasteiger partial charge on any atom is 0.0428 e. The summed E-state index contributed by atoms with van der Waals surface area (Å²) in [6.07, 6.45) is 2.49. The molecule has 112 valence electrons. The maximum atomic E-state index is 6.24. The second kappa shape index (κ2) is 5.92. The molecule has 2 atom stereocenters. The molecule has 2 fully saturated rings. The number of hydrogen-bond acceptors (Lipinski definition) is 4. The molecule has 0 aromatic carbocycles. The van der Waals surface area contributed by atoms with Crippen LogP contribution in [0.5, 0.6) is 0 Å². The lowest BCUT2D eigenvalue weighted by Crippen LogP contribution is -2.65. The van der Waals surface area contributed by atoms with Crippen molar-refractivity contribution in [3.63, 3.8) is 0 Å². The Balaban J connectivity index is 2.12. The van der Waals surface area contributed by atoms with E-state index in [-0.39, 0.29) is 5.54 Å². The van der Waals surface area contributed by atoms with Gasteiger partial charge in [-0.3, -0.25) is 4.90 Å². The topological polar surface area (TPSA) is 32.5 Å². The van der Waals surface area contributed by atoms with E-state index in [0.717, 1.165) is 6.54 Å². The van der Waals surface area contributed by atoms with Crippen LogP contribution in [0.3, 0.4) is 0 Å². The van der Waals surface area contributed by atoms with Gasteiger partial charge in [0.1, 0.15) is 0 Å². The normalized spacial score (nSPS) is 37.4. The molecular formula is C15H31N3S. The fourth-order valence-electron chi connectivity index (χ4n) is 3.79. The molecule has 2 unspecified atom stereocenters. The molecule has 0 radical (unpaired) electrons. The lowest BCUT2D eigenvalue weighted by molar-refractivity contribution is 0.00166. The van der Waals surface area contributed by atoms with Crippen molar-refractivity contribution in [1.29, 1.82) is 0 Å². The average Bonchev–Trinajstić information content (AvgIpc) is 2.38. The Hall–Kier alpha value is 0.230. The third kappa shape index (κ3) is 3.29. The summed E-state index contributed by atoms with van der Waals surface area (Å²) in [5.41, 5.74) is 6.90. The number of likely N-dealkylation sites (N-methyl/N-ethyl adjacent to an activating group) is 1. The fraction of sp³-hybridized carbons (Fsp3) is 1.00. The summed E-state index contributed by atoms with van der Waals surface area (Å²) < 4.78 is 0. The minimum Gasteiger partial charge on any atom is -0.329 e. The molecule has 2 aliphatic rings. The number of rotatable bonds is 3. The molecule has 2 heterocycles. The third-order valence-electron chi connectivity index (χ3n) is 4.97. The Morgan fingerprint density at radius 3 is 2.58 bits per heavy atom. The van der Waals surface area contributed by atoms with Crippen molar-refractivity contribution in [2.24, 2.45) is 11.1 Å². The molecule has 19 heavy (non-hydrogen) atoms. The Morgan fingerprint density at radius 1 is 1.26 bits per heavy atom. The lowest BCUT2D eigenvalue weighted by atomic mass is 9.78. The van der Waals surface area contributed by atoms with Gasteiger partial charge in [-0.25, -0.2) is 0 Å². The molecule has 0 aromatic heterocycles. The monoisotopic (exact) mass is 285 g/mol. The smallest absolute Gasteiger partial charge is 0.0428 e. The summed E-state index contributed by atoms with van der Waals surface area (Å²) >= 11 is 2.10. The first-order valence-corrected chi connectivity index (χ1v) is 8.81. The molecule has 2 saturated heterocycles. The molecule has 3 nitrogen and oxygen atoms in total. The van der Waals surface area contributed by atoms with Crippen LogP contribution in [0.1, 0.15) is 33.6 Å². The second-order valence-electron chi connectivity index (χ2n) is 7.25. The van der Waals surface area contributed by atoms with Crippen LogP contribution in [0.15, 0.2) is 0 Å². The Labute approximate surface area is 123 Å². The highest BCUT2D eigenvalue weighted by molar-refractivity contribution is 7.99. The number of hydrogen-bond donors (Lipinski definition) is 1. The first-order valence-electron chi connectivity index (χ1n) is 7.65. The highest BCUT2D eigenvalue weighted by Gasteiger charge is 2.45. The van der Waals surface area contributed by atoms with Gasteiger partial charge in [-0.15, -0.1) is 0 Å². The van der Waals surface area contributed by atoms with Gasteiger partial charge < -0.3 is 10.6 Å². The van der Waals surface area contributed by atoms with E-state index in [0.29, 0.717) is 11.5 Å². The van der Waals surface area contributed by atoms with E-state index in [1.54, 1.807) is 0 Å². The Bertz CT molecular complexity index is 308. The van der Waals surface area contributed by atoms with Gasteiger partial charge >= 0.3 is 0 Å². The predicted molar refractivity (Wildman–Crippen MR) is 85.8 cm³/mol. The Kier molecular flexibility index (Phi) is 4.87. The maximum absolute atomic E-state index is 6.24. The van der Waals surface area contributed by atoms with Crippen LogP contribution >= 0.6 is 11.8 Å². The molecule has 0 saturated carbocycles. The van der Waals surface area contributed by atoms with Crippen LogP contribution < -0.4 is 5.73 Å². The van der Waals surface area contributed by atoms with E-state index in [1.165, 1.54) is 44.0 Å². The summed E-state index contributed by atoms with van der Waals surface area (Å²) in [6.45, 7) is 11.5. The van der Waals surface area contributed by atoms with Crippen LogP contribution in [0, 0.1) is 5.41 Å². The van der Waals surface area contributed by atoms with E-state index < -0.39 is 0 Å². The number of piperazine rings is 1. The molecule has 2 N–H and O–H groups in total. The molecule has 4 heteroatoms. The standard InChI is InChI=1S/C15H31N3S/c1-5-13-8-18(7-6-17(13)4)15(10-16)9-14(2,3)11-19-12-15/h13H,5-12,16H2,1-4H3. The van der Waals surface area contributed by atoms with Gasteiger partial charge in [0.25, 0.3) is 0 Å². The van der Waals surface area contributed by atoms with E-state index in [9.17, 15) is 0 Å².